The van der Waals surface area contributed by atoms with E-state index in [9.17, 15) is 4.79 Å². The van der Waals surface area contributed by atoms with Gasteiger partial charge >= 0.3 is 0 Å². The minimum Gasteiger partial charge on any atom is -0.495 e. The maximum Gasteiger partial charge on any atom is 0.258 e. The number of ether oxygens (including phenoxy) is 2. The van der Waals surface area contributed by atoms with Gasteiger partial charge in [0.15, 0.2) is 5.16 Å². The molecule has 29 heavy (non-hydrogen) atoms. The van der Waals surface area contributed by atoms with Gasteiger partial charge in [0.05, 0.1) is 12.1 Å². The molecule has 152 valence electrons. The van der Waals surface area contributed by atoms with Crippen LogP contribution in [0.1, 0.15) is 28.9 Å². The van der Waals surface area contributed by atoms with E-state index in [2.05, 4.69) is 27.9 Å². The highest BCUT2D eigenvalue weighted by atomic mass is 35.5. The Kier molecular flexibility index (Phi) is 8.30. The third-order valence-corrected chi connectivity index (χ3v) is 4.38. The Bertz CT molecular complexity index is 971. The number of nitrogens with one attached hydrogen (secondary N) is 1. The molecule has 0 spiro atoms. The number of rotatable bonds is 7. The van der Waals surface area contributed by atoms with Gasteiger partial charge in [0.25, 0.3) is 5.91 Å². The van der Waals surface area contributed by atoms with Crippen LogP contribution in [0.2, 0.25) is 5.02 Å². The Balaban J connectivity index is 0.00000300. The molecule has 0 bridgehead atoms. The first-order valence-corrected chi connectivity index (χ1v) is 9.22. The van der Waals surface area contributed by atoms with Crippen LogP contribution >= 0.6 is 24.2 Å². The second-order valence-electron chi connectivity index (χ2n) is 5.81. The Morgan fingerprint density at radius 3 is 2.62 bits per heavy atom. The normalized spacial score (nSPS) is 10.0. The molecule has 0 atom stereocenters. The lowest BCUT2D eigenvalue weighted by Gasteiger charge is -2.12. The largest absolute Gasteiger partial charge is 0.495 e. The summed E-state index contributed by atoms with van der Waals surface area (Å²) in [4.78, 5) is 20.7. The van der Waals surface area contributed by atoms with Crippen molar-refractivity contribution in [2.45, 2.75) is 25.7 Å². The average Bonchev–Trinajstić information content (AvgIpc) is 2.71. The number of methoxy groups -OCH3 is 1. The summed E-state index contributed by atoms with van der Waals surface area (Å²) in [5, 5.41) is 3.52. The fourth-order valence-electron chi connectivity index (χ4n) is 2.45. The first-order valence-electron chi connectivity index (χ1n) is 8.40. The van der Waals surface area contributed by atoms with E-state index >= 15 is 0 Å². The molecule has 3 aromatic rings. The molecule has 0 unspecified atom stereocenters. The Labute approximate surface area is 180 Å². The van der Waals surface area contributed by atoms with Gasteiger partial charge in [0.1, 0.15) is 17.9 Å². The molecule has 0 aliphatic rings. The van der Waals surface area contributed by atoms with E-state index in [0.717, 1.165) is 11.1 Å². The van der Waals surface area contributed by atoms with Gasteiger partial charge < -0.3 is 14.8 Å². The van der Waals surface area contributed by atoms with Crippen LogP contribution in [0, 0.1) is 0 Å². The van der Waals surface area contributed by atoms with Crippen molar-refractivity contribution in [3.63, 3.8) is 0 Å². The minimum atomic E-state index is -0.333. The predicted octanol–water partition coefficient (Wildman–Crippen LogP) is 4.57. The number of hydrogen-bond acceptors (Lipinski definition) is 6. The lowest BCUT2D eigenvalue weighted by Crippen LogP contribution is -2.24. The highest BCUT2D eigenvalue weighted by Crippen LogP contribution is 2.26. The van der Waals surface area contributed by atoms with E-state index in [4.69, 9.17) is 21.1 Å². The van der Waals surface area contributed by atoms with Gasteiger partial charge in [-0.05, 0) is 23.3 Å². The SMILES string of the molecule is C.COc1ccc(COc2nc(S)ncc2C(=O)NCc2ccccc2)cc1Cl. The molecule has 1 aromatic heterocycles. The molecule has 0 saturated heterocycles. The van der Waals surface area contributed by atoms with Gasteiger partial charge in [0.2, 0.25) is 5.88 Å². The van der Waals surface area contributed by atoms with Crippen molar-refractivity contribution >= 4 is 30.1 Å². The zero-order valence-electron chi connectivity index (χ0n) is 15.1. The van der Waals surface area contributed by atoms with Gasteiger partial charge in [-0.15, -0.1) is 12.6 Å². The fraction of sp³-hybridized carbons (Fsp3) is 0.190. The standard InChI is InChI=1S/C20H18ClN3O3S.CH4/c1-26-17-8-7-14(9-16(17)21)12-27-19-15(11-23-20(28)24-19)18(25)22-10-13-5-3-2-4-6-13;/h2-9,11H,10,12H2,1H3,(H,22,25)(H,23,24,28);1H4. The highest BCUT2D eigenvalue weighted by Gasteiger charge is 2.16. The second kappa shape index (κ2) is 10.7. The topological polar surface area (TPSA) is 73.3 Å². The summed E-state index contributed by atoms with van der Waals surface area (Å²) < 4.78 is 10.9. The molecule has 8 heteroatoms. The summed E-state index contributed by atoms with van der Waals surface area (Å²) >= 11 is 10.3. The van der Waals surface area contributed by atoms with E-state index in [1.54, 1.807) is 19.2 Å². The summed E-state index contributed by atoms with van der Waals surface area (Å²) in [7, 11) is 1.55. The highest BCUT2D eigenvalue weighted by molar-refractivity contribution is 7.80. The van der Waals surface area contributed by atoms with Crippen molar-refractivity contribution < 1.29 is 14.3 Å². The Morgan fingerprint density at radius 2 is 1.93 bits per heavy atom. The number of thiol groups is 1. The van der Waals surface area contributed by atoms with Crippen molar-refractivity contribution in [3.8, 4) is 11.6 Å². The third kappa shape index (κ3) is 6.10. The van der Waals surface area contributed by atoms with Crippen LogP contribution in [0.5, 0.6) is 11.6 Å². The molecule has 0 saturated carbocycles. The van der Waals surface area contributed by atoms with Crippen LogP contribution in [0.25, 0.3) is 0 Å². The van der Waals surface area contributed by atoms with Crippen LogP contribution in [0.4, 0.5) is 0 Å². The summed E-state index contributed by atoms with van der Waals surface area (Å²) in [5.41, 5.74) is 2.02. The average molecular weight is 432 g/mol. The fourth-order valence-corrected chi connectivity index (χ4v) is 2.88. The number of benzene rings is 2. The van der Waals surface area contributed by atoms with E-state index in [1.807, 2.05) is 36.4 Å². The molecule has 0 aliphatic heterocycles. The lowest BCUT2D eigenvalue weighted by atomic mass is 10.2. The van der Waals surface area contributed by atoms with Crippen molar-refractivity contribution in [2.75, 3.05) is 7.11 Å². The molecule has 0 aliphatic carbocycles. The van der Waals surface area contributed by atoms with Crippen LogP contribution in [-0.2, 0) is 13.2 Å². The first-order chi connectivity index (χ1) is 13.6. The van der Waals surface area contributed by atoms with Gasteiger partial charge in [-0.25, -0.2) is 4.98 Å². The van der Waals surface area contributed by atoms with Gasteiger partial charge in [-0.3, -0.25) is 4.79 Å². The summed E-state index contributed by atoms with van der Waals surface area (Å²) in [6, 6.07) is 14.9. The van der Waals surface area contributed by atoms with E-state index in [1.165, 1.54) is 6.20 Å². The monoisotopic (exact) mass is 431 g/mol. The number of aromatic nitrogens is 2. The molecule has 3 rings (SSSR count). The Hall–Kier alpha value is -2.77. The lowest BCUT2D eigenvalue weighted by molar-refractivity contribution is 0.0944. The molecule has 1 heterocycles. The Morgan fingerprint density at radius 1 is 1.17 bits per heavy atom. The van der Waals surface area contributed by atoms with Gasteiger partial charge in [-0.1, -0.05) is 55.4 Å². The predicted molar refractivity (Wildman–Crippen MR) is 116 cm³/mol. The van der Waals surface area contributed by atoms with Crippen LogP contribution in [-0.4, -0.2) is 23.0 Å². The minimum absolute atomic E-state index is 0. The number of carbonyl (C=O) groups excluding carboxylic acids is 1. The summed E-state index contributed by atoms with van der Waals surface area (Å²) in [6.07, 6.45) is 1.39. The van der Waals surface area contributed by atoms with E-state index in [-0.39, 0.29) is 36.5 Å². The quantitative estimate of drug-likeness (QED) is 0.423. The number of nitrogens with zero attached hydrogens (tertiary/aromatic N) is 2. The molecule has 1 N–H and O–H groups in total. The van der Waals surface area contributed by atoms with Crippen LogP contribution < -0.4 is 14.8 Å². The molecule has 2 aromatic carbocycles. The van der Waals surface area contributed by atoms with Crippen molar-refractivity contribution in [2.24, 2.45) is 0 Å². The van der Waals surface area contributed by atoms with Gasteiger partial charge in [-0.2, -0.15) is 4.98 Å². The first kappa shape index (κ1) is 22.5. The zero-order chi connectivity index (χ0) is 19.9. The number of hydrogen-bond donors (Lipinski definition) is 2. The second-order valence-corrected chi connectivity index (χ2v) is 6.62. The van der Waals surface area contributed by atoms with Crippen LogP contribution in [0.15, 0.2) is 59.9 Å². The summed E-state index contributed by atoms with van der Waals surface area (Å²) in [5.74, 6) is 0.392. The van der Waals surface area contributed by atoms with E-state index in [0.29, 0.717) is 17.3 Å². The number of carbonyl (C=O) groups is 1. The maximum absolute atomic E-state index is 12.6. The van der Waals surface area contributed by atoms with Crippen molar-refractivity contribution in [3.05, 3.63) is 76.4 Å². The zero-order valence-corrected chi connectivity index (χ0v) is 16.7. The summed E-state index contributed by atoms with van der Waals surface area (Å²) in [6.45, 7) is 0.558. The van der Waals surface area contributed by atoms with Crippen LogP contribution in [0.3, 0.4) is 0 Å². The number of amides is 1. The third-order valence-electron chi connectivity index (χ3n) is 3.87. The van der Waals surface area contributed by atoms with Crippen molar-refractivity contribution in [1.29, 1.82) is 0 Å². The molecule has 0 radical (unpaired) electrons. The molecule has 0 fully saturated rings. The van der Waals surface area contributed by atoms with Crippen molar-refractivity contribution in [1.82, 2.24) is 15.3 Å². The maximum atomic E-state index is 12.6. The molecule has 6 nitrogen and oxygen atoms in total. The molecule has 1 amide bonds. The molecular weight excluding hydrogens is 410 g/mol. The van der Waals surface area contributed by atoms with E-state index < -0.39 is 0 Å². The van der Waals surface area contributed by atoms with Gasteiger partial charge in [0, 0.05) is 12.7 Å². The smallest absolute Gasteiger partial charge is 0.258 e. The number of halogens is 1. The molecular formula is C21H22ClN3O3S.